The molecule has 0 radical (unpaired) electrons. The van der Waals surface area contributed by atoms with Gasteiger partial charge in [-0.3, -0.25) is 0 Å². The number of benzene rings is 1. The van der Waals surface area contributed by atoms with E-state index in [0.29, 0.717) is 6.54 Å². The first-order chi connectivity index (χ1) is 8.79. The molecule has 3 aromatic rings. The zero-order valence-electron chi connectivity index (χ0n) is 10.0. The van der Waals surface area contributed by atoms with Crippen LogP contribution in [0, 0.1) is 0 Å². The standard InChI is InChI=1S/C13H13N5/c1-18-12-3-2-9(7-14)6-11(12)17-13(18)10-4-5-15-16-8-10/h2-6,8H,7,14H2,1H3. The van der Waals surface area contributed by atoms with Crippen LogP contribution in [0.4, 0.5) is 0 Å². The Morgan fingerprint density at radius 2 is 2.11 bits per heavy atom. The second kappa shape index (κ2) is 4.19. The minimum Gasteiger partial charge on any atom is -0.327 e. The first-order valence-corrected chi connectivity index (χ1v) is 5.72. The van der Waals surface area contributed by atoms with Gasteiger partial charge in [0.1, 0.15) is 5.82 Å². The summed E-state index contributed by atoms with van der Waals surface area (Å²) >= 11 is 0. The van der Waals surface area contributed by atoms with Crippen molar-refractivity contribution in [3.8, 4) is 11.4 Å². The molecule has 5 nitrogen and oxygen atoms in total. The van der Waals surface area contributed by atoms with Crippen molar-refractivity contribution < 1.29 is 0 Å². The van der Waals surface area contributed by atoms with E-state index in [1.807, 2.05) is 35.9 Å². The van der Waals surface area contributed by atoms with E-state index in [1.165, 1.54) is 0 Å². The van der Waals surface area contributed by atoms with E-state index in [1.54, 1.807) is 12.4 Å². The van der Waals surface area contributed by atoms with Crippen molar-refractivity contribution in [1.29, 1.82) is 0 Å². The molecule has 18 heavy (non-hydrogen) atoms. The second-order valence-electron chi connectivity index (χ2n) is 4.15. The highest BCUT2D eigenvalue weighted by Crippen LogP contribution is 2.23. The molecule has 3 rings (SSSR count). The van der Waals surface area contributed by atoms with Gasteiger partial charge in [0.25, 0.3) is 0 Å². The highest BCUT2D eigenvalue weighted by molar-refractivity contribution is 5.81. The summed E-state index contributed by atoms with van der Waals surface area (Å²) in [5.41, 5.74) is 9.72. The molecular formula is C13H13N5. The summed E-state index contributed by atoms with van der Waals surface area (Å²) in [6.45, 7) is 0.526. The quantitative estimate of drug-likeness (QED) is 0.735. The van der Waals surface area contributed by atoms with Crippen molar-refractivity contribution in [2.75, 3.05) is 0 Å². The molecule has 5 heteroatoms. The number of nitrogens with zero attached hydrogens (tertiary/aromatic N) is 4. The highest BCUT2D eigenvalue weighted by atomic mass is 15.1. The molecule has 0 unspecified atom stereocenters. The monoisotopic (exact) mass is 239 g/mol. The van der Waals surface area contributed by atoms with E-state index in [4.69, 9.17) is 5.73 Å². The van der Waals surface area contributed by atoms with Gasteiger partial charge in [-0.15, -0.1) is 0 Å². The van der Waals surface area contributed by atoms with Crippen LogP contribution in [0.3, 0.4) is 0 Å². The maximum absolute atomic E-state index is 5.64. The minimum absolute atomic E-state index is 0.526. The van der Waals surface area contributed by atoms with Gasteiger partial charge in [0.2, 0.25) is 0 Å². The number of aromatic nitrogens is 4. The fourth-order valence-electron chi connectivity index (χ4n) is 2.05. The van der Waals surface area contributed by atoms with Gasteiger partial charge >= 0.3 is 0 Å². The van der Waals surface area contributed by atoms with Gasteiger partial charge in [0.15, 0.2) is 0 Å². The van der Waals surface area contributed by atoms with Crippen molar-refractivity contribution in [3.63, 3.8) is 0 Å². The van der Waals surface area contributed by atoms with E-state index in [-0.39, 0.29) is 0 Å². The Labute approximate surface area is 104 Å². The molecule has 2 N–H and O–H groups in total. The molecule has 0 atom stereocenters. The molecule has 0 bridgehead atoms. The molecule has 90 valence electrons. The van der Waals surface area contributed by atoms with E-state index in [0.717, 1.165) is 28.0 Å². The van der Waals surface area contributed by atoms with Gasteiger partial charge in [-0.2, -0.15) is 10.2 Å². The SMILES string of the molecule is Cn1c(-c2ccnnc2)nc2cc(CN)ccc21. The molecule has 0 saturated carbocycles. The second-order valence-corrected chi connectivity index (χ2v) is 4.15. The maximum Gasteiger partial charge on any atom is 0.142 e. The van der Waals surface area contributed by atoms with Crippen LogP contribution in [-0.2, 0) is 13.6 Å². The average molecular weight is 239 g/mol. The van der Waals surface area contributed by atoms with Crippen LogP contribution < -0.4 is 5.73 Å². The van der Waals surface area contributed by atoms with Crippen molar-refractivity contribution in [2.45, 2.75) is 6.54 Å². The molecule has 0 aliphatic rings. The molecule has 1 aromatic carbocycles. The third-order valence-corrected chi connectivity index (χ3v) is 3.02. The zero-order chi connectivity index (χ0) is 12.5. The first-order valence-electron chi connectivity index (χ1n) is 5.72. The summed E-state index contributed by atoms with van der Waals surface area (Å²) in [6.07, 6.45) is 3.38. The fourth-order valence-corrected chi connectivity index (χ4v) is 2.05. The predicted molar refractivity (Wildman–Crippen MR) is 69.6 cm³/mol. The summed E-state index contributed by atoms with van der Waals surface area (Å²) in [7, 11) is 1.99. The van der Waals surface area contributed by atoms with Crippen LogP contribution in [0.2, 0.25) is 0 Å². The lowest BCUT2D eigenvalue weighted by Gasteiger charge is -2.01. The van der Waals surface area contributed by atoms with Gasteiger partial charge < -0.3 is 10.3 Å². The molecule has 0 aliphatic carbocycles. The molecule has 0 fully saturated rings. The molecule has 0 saturated heterocycles. The molecule has 2 heterocycles. The number of nitrogens with two attached hydrogens (primary N) is 1. The zero-order valence-corrected chi connectivity index (χ0v) is 10.0. The number of hydrogen-bond acceptors (Lipinski definition) is 4. The summed E-state index contributed by atoms with van der Waals surface area (Å²) in [5.74, 6) is 0.883. The Morgan fingerprint density at radius 1 is 1.22 bits per heavy atom. The van der Waals surface area contributed by atoms with Crippen LogP contribution in [-0.4, -0.2) is 19.7 Å². The van der Waals surface area contributed by atoms with Crippen molar-refractivity contribution in [1.82, 2.24) is 19.7 Å². The lowest BCUT2D eigenvalue weighted by Crippen LogP contribution is -1.96. The normalized spacial score (nSPS) is 11.0. The van der Waals surface area contributed by atoms with Crippen LogP contribution in [0.25, 0.3) is 22.4 Å². The fraction of sp³-hybridized carbons (Fsp3) is 0.154. The lowest BCUT2D eigenvalue weighted by molar-refractivity contribution is 0.948. The van der Waals surface area contributed by atoms with Gasteiger partial charge in [0.05, 0.1) is 23.4 Å². The molecule has 0 aliphatic heterocycles. The third kappa shape index (κ3) is 1.65. The molecule has 0 amide bonds. The Balaban J connectivity index is 2.23. The van der Waals surface area contributed by atoms with Gasteiger partial charge in [-0.05, 0) is 23.8 Å². The molecule has 2 aromatic heterocycles. The third-order valence-electron chi connectivity index (χ3n) is 3.02. The largest absolute Gasteiger partial charge is 0.327 e. The van der Waals surface area contributed by atoms with Gasteiger partial charge in [0, 0.05) is 19.2 Å². The summed E-state index contributed by atoms with van der Waals surface area (Å²) < 4.78 is 2.05. The van der Waals surface area contributed by atoms with E-state index < -0.39 is 0 Å². The molecular weight excluding hydrogens is 226 g/mol. The topological polar surface area (TPSA) is 69.6 Å². The van der Waals surface area contributed by atoms with Gasteiger partial charge in [-0.25, -0.2) is 4.98 Å². The Bertz CT molecular complexity index is 687. The van der Waals surface area contributed by atoms with Crippen molar-refractivity contribution in [3.05, 3.63) is 42.2 Å². The maximum atomic E-state index is 5.64. The average Bonchev–Trinajstić information content (AvgIpc) is 2.76. The number of aryl methyl sites for hydroxylation is 1. The smallest absolute Gasteiger partial charge is 0.142 e. The number of imidazole rings is 1. The summed E-state index contributed by atoms with van der Waals surface area (Å²) in [4.78, 5) is 4.63. The van der Waals surface area contributed by atoms with E-state index in [9.17, 15) is 0 Å². The van der Waals surface area contributed by atoms with Crippen molar-refractivity contribution in [2.24, 2.45) is 12.8 Å². The minimum atomic E-state index is 0.526. The van der Waals surface area contributed by atoms with Crippen molar-refractivity contribution >= 4 is 11.0 Å². The van der Waals surface area contributed by atoms with Crippen LogP contribution in [0.5, 0.6) is 0 Å². The Hall–Kier alpha value is -2.27. The highest BCUT2D eigenvalue weighted by Gasteiger charge is 2.10. The summed E-state index contributed by atoms with van der Waals surface area (Å²) in [6, 6.07) is 7.99. The van der Waals surface area contributed by atoms with Gasteiger partial charge in [-0.1, -0.05) is 6.07 Å². The first kappa shape index (κ1) is 10.9. The van der Waals surface area contributed by atoms with Crippen LogP contribution in [0.15, 0.2) is 36.7 Å². The van der Waals surface area contributed by atoms with E-state index in [2.05, 4.69) is 15.2 Å². The summed E-state index contributed by atoms with van der Waals surface area (Å²) in [5, 5.41) is 7.66. The van der Waals surface area contributed by atoms with E-state index >= 15 is 0 Å². The van der Waals surface area contributed by atoms with Crippen LogP contribution >= 0.6 is 0 Å². The predicted octanol–water partition coefficient (Wildman–Crippen LogP) is 1.49. The Morgan fingerprint density at radius 3 is 2.83 bits per heavy atom. The lowest BCUT2D eigenvalue weighted by atomic mass is 10.2. The number of hydrogen-bond donors (Lipinski definition) is 1. The Kier molecular flexibility index (Phi) is 2.53. The number of rotatable bonds is 2. The van der Waals surface area contributed by atoms with Crippen LogP contribution in [0.1, 0.15) is 5.56 Å². The molecule has 0 spiro atoms. The number of fused-ring (bicyclic) bond motifs is 1.